The molecule has 210 valence electrons. The smallest absolute Gasteiger partial charge is 0.335 e. The minimum Gasteiger partial charge on any atom is -0.478 e. The van der Waals surface area contributed by atoms with E-state index in [0.717, 1.165) is 23.9 Å². The summed E-state index contributed by atoms with van der Waals surface area (Å²) in [5.74, 6) is -1.77. The first-order chi connectivity index (χ1) is 19.3. The second-order valence-electron chi connectivity index (χ2n) is 11.2. The summed E-state index contributed by atoms with van der Waals surface area (Å²) in [5.41, 5.74) is 1.36. The fourth-order valence-electron chi connectivity index (χ4n) is 7.35. The number of halogens is 3. The van der Waals surface area contributed by atoms with Gasteiger partial charge in [-0.1, -0.05) is 48.8 Å². The standard InChI is InChI=1S/C29H22Cl2FN5O3.CH4/c30-18-3-1-2-16(24(18)32)23-25-21(11-20-15-7-6-14(27(38)39)10-19(15)35-37(20)25)36(12-13-4-5-13)29(23)17-8-9-22(31)33-26(17)34-28(29)40;/h1-3,6-10,13,21,23,25H,4-5,11-12H2,(H,38,39)(H,33,34,40);1H4/t21-,23-,25+,29+;/m0./s1. The Kier molecular flexibility index (Phi) is 5.78. The Balaban J connectivity index is 0.00000276. The number of hydrogen-bond donors (Lipinski definition) is 2. The van der Waals surface area contributed by atoms with Crippen molar-refractivity contribution in [1.82, 2.24) is 19.7 Å². The van der Waals surface area contributed by atoms with Crippen LogP contribution in [0.4, 0.5) is 10.2 Å². The number of fused-ring (bicyclic) bond motifs is 7. The number of benzene rings is 2. The lowest BCUT2D eigenvalue weighted by Gasteiger charge is -2.40. The van der Waals surface area contributed by atoms with Crippen molar-refractivity contribution in [3.05, 3.63) is 86.9 Å². The third-order valence-electron chi connectivity index (χ3n) is 9.09. The number of carboxylic acid groups (broad SMARTS) is 1. The first-order valence-corrected chi connectivity index (χ1v) is 14.0. The van der Waals surface area contributed by atoms with Gasteiger partial charge in [-0.3, -0.25) is 14.4 Å². The van der Waals surface area contributed by atoms with Crippen molar-refractivity contribution >= 4 is 51.8 Å². The Bertz CT molecular complexity index is 1790. The molecule has 1 saturated heterocycles. The van der Waals surface area contributed by atoms with Gasteiger partial charge in [0.15, 0.2) is 0 Å². The van der Waals surface area contributed by atoms with E-state index in [1.807, 2.05) is 10.7 Å². The maximum atomic E-state index is 16.0. The van der Waals surface area contributed by atoms with E-state index in [-0.39, 0.29) is 35.1 Å². The lowest BCUT2D eigenvalue weighted by Crippen LogP contribution is -2.53. The topological polar surface area (TPSA) is 100 Å². The summed E-state index contributed by atoms with van der Waals surface area (Å²) >= 11 is 12.6. The van der Waals surface area contributed by atoms with Crippen LogP contribution in [0.15, 0.2) is 48.5 Å². The van der Waals surface area contributed by atoms with Crippen LogP contribution < -0.4 is 5.32 Å². The molecule has 5 heterocycles. The molecular weight excluding hydrogens is 568 g/mol. The van der Waals surface area contributed by atoms with E-state index in [1.165, 1.54) is 6.07 Å². The molecule has 4 aromatic rings. The third-order valence-corrected chi connectivity index (χ3v) is 9.59. The minimum atomic E-state index is -1.27. The maximum absolute atomic E-state index is 16.0. The van der Waals surface area contributed by atoms with Gasteiger partial charge in [-0.15, -0.1) is 0 Å². The lowest BCUT2D eigenvalue weighted by molar-refractivity contribution is -0.128. The molecule has 2 N–H and O–H groups in total. The number of pyridine rings is 1. The molecule has 0 unspecified atom stereocenters. The predicted octanol–water partition coefficient (Wildman–Crippen LogP) is 6.03. The van der Waals surface area contributed by atoms with Gasteiger partial charge in [0, 0.05) is 41.6 Å². The average Bonchev–Trinajstić information content (AvgIpc) is 3.37. The van der Waals surface area contributed by atoms with Crippen LogP contribution >= 0.6 is 23.2 Å². The number of anilines is 1. The number of likely N-dealkylation sites (tertiary alicyclic amines) is 1. The van der Waals surface area contributed by atoms with E-state index in [2.05, 4.69) is 15.2 Å². The minimum absolute atomic E-state index is 0. The number of rotatable bonds is 4. The van der Waals surface area contributed by atoms with Crippen LogP contribution in [0.2, 0.25) is 10.2 Å². The first kappa shape index (κ1) is 26.4. The van der Waals surface area contributed by atoms with Crippen molar-refractivity contribution in [1.29, 1.82) is 0 Å². The van der Waals surface area contributed by atoms with Crippen LogP contribution in [-0.2, 0) is 16.8 Å². The molecular formula is C30H26Cl2FN5O3. The number of aromatic carboxylic acids is 1. The molecule has 1 amide bonds. The summed E-state index contributed by atoms with van der Waals surface area (Å²) in [4.78, 5) is 32.6. The Hall–Kier alpha value is -3.53. The molecule has 8 nitrogen and oxygen atoms in total. The van der Waals surface area contributed by atoms with Crippen LogP contribution in [0.25, 0.3) is 10.9 Å². The number of carboxylic acids is 1. The van der Waals surface area contributed by atoms with Crippen LogP contribution in [0.5, 0.6) is 0 Å². The van der Waals surface area contributed by atoms with Crippen LogP contribution in [0, 0.1) is 11.7 Å². The van der Waals surface area contributed by atoms with Gasteiger partial charge < -0.3 is 10.4 Å². The first-order valence-electron chi connectivity index (χ1n) is 13.2. The summed E-state index contributed by atoms with van der Waals surface area (Å²) in [6.45, 7) is 0.668. The second kappa shape index (κ2) is 8.98. The van der Waals surface area contributed by atoms with Crippen molar-refractivity contribution < 1.29 is 19.1 Å². The zero-order valence-electron chi connectivity index (χ0n) is 20.9. The molecule has 8 rings (SSSR count). The molecule has 4 aliphatic rings. The highest BCUT2D eigenvalue weighted by molar-refractivity contribution is 6.31. The Morgan fingerprint density at radius 1 is 1.17 bits per heavy atom. The number of nitrogens with one attached hydrogen (secondary N) is 1. The van der Waals surface area contributed by atoms with Crippen LogP contribution in [0.1, 0.15) is 59.4 Å². The number of hydrogen-bond acceptors (Lipinski definition) is 5. The molecule has 41 heavy (non-hydrogen) atoms. The maximum Gasteiger partial charge on any atom is 0.335 e. The van der Waals surface area contributed by atoms with Gasteiger partial charge in [0.2, 0.25) is 0 Å². The van der Waals surface area contributed by atoms with E-state index >= 15 is 4.39 Å². The van der Waals surface area contributed by atoms with Gasteiger partial charge in [0.05, 0.1) is 22.1 Å². The van der Waals surface area contributed by atoms with Gasteiger partial charge in [-0.05, 0) is 54.7 Å². The van der Waals surface area contributed by atoms with E-state index in [4.69, 9.17) is 28.3 Å². The third kappa shape index (κ3) is 3.49. The number of aromatic nitrogens is 3. The molecule has 1 spiro atoms. The van der Waals surface area contributed by atoms with Gasteiger partial charge in [0.25, 0.3) is 5.91 Å². The summed E-state index contributed by atoms with van der Waals surface area (Å²) in [6.07, 6.45) is 2.71. The fraction of sp³-hybridized carbons (Fsp3) is 0.333. The quantitative estimate of drug-likeness (QED) is 0.280. The highest BCUT2D eigenvalue weighted by Gasteiger charge is 2.70. The molecule has 11 heteroatoms. The molecule has 1 saturated carbocycles. The van der Waals surface area contributed by atoms with E-state index in [1.54, 1.807) is 36.4 Å². The number of nitrogens with zero attached hydrogens (tertiary/aromatic N) is 4. The van der Waals surface area contributed by atoms with Gasteiger partial charge >= 0.3 is 5.97 Å². The van der Waals surface area contributed by atoms with Crippen molar-refractivity contribution in [3.63, 3.8) is 0 Å². The van der Waals surface area contributed by atoms with Crippen molar-refractivity contribution in [2.75, 3.05) is 11.9 Å². The normalized spacial score (nSPS) is 26.1. The zero-order valence-corrected chi connectivity index (χ0v) is 22.5. The SMILES string of the molecule is C.O=C(O)c1ccc2c3n(nc2c1)[C@@H]1[C@H](C3)N(CC2CC2)[C@@]2(C(=O)Nc3nc(Cl)ccc32)[C@H]1c1cccc(Cl)c1F. The summed E-state index contributed by atoms with van der Waals surface area (Å²) in [6, 6.07) is 12.7. The van der Waals surface area contributed by atoms with E-state index in [0.29, 0.717) is 41.3 Å². The van der Waals surface area contributed by atoms with E-state index in [9.17, 15) is 14.7 Å². The fourth-order valence-corrected chi connectivity index (χ4v) is 7.68. The predicted molar refractivity (Wildman–Crippen MR) is 153 cm³/mol. The summed E-state index contributed by atoms with van der Waals surface area (Å²) in [7, 11) is 0. The van der Waals surface area contributed by atoms with Crippen molar-refractivity contribution in [3.8, 4) is 0 Å². The molecule has 2 fully saturated rings. The number of carbonyl (C=O) groups excluding carboxylic acids is 1. The molecule has 4 atom stereocenters. The van der Waals surface area contributed by atoms with Gasteiger partial charge in [-0.25, -0.2) is 14.2 Å². The Labute approximate surface area is 245 Å². The molecule has 3 aliphatic heterocycles. The van der Waals surface area contributed by atoms with Gasteiger partial charge in [-0.2, -0.15) is 5.10 Å². The monoisotopic (exact) mass is 593 g/mol. The van der Waals surface area contributed by atoms with Crippen molar-refractivity contribution in [2.24, 2.45) is 5.92 Å². The highest BCUT2D eigenvalue weighted by atomic mass is 35.5. The zero-order chi connectivity index (χ0) is 27.5. The summed E-state index contributed by atoms with van der Waals surface area (Å²) in [5, 5.41) is 18.5. The molecule has 0 bridgehead atoms. The van der Waals surface area contributed by atoms with E-state index < -0.39 is 29.3 Å². The number of carbonyl (C=O) groups is 2. The average molecular weight is 594 g/mol. The number of amides is 1. The molecule has 2 aromatic carbocycles. The van der Waals surface area contributed by atoms with Crippen molar-refractivity contribution in [2.45, 2.75) is 50.2 Å². The van der Waals surface area contributed by atoms with Crippen LogP contribution in [-0.4, -0.2) is 49.2 Å². The largest absolute Gasteiger partial charge is 0.478 e. The summed E-state index contributed by atoms with van der Waals surface area (Å²) < 4.78 is 17.9. The molecule has 2 aromatic heterocycles. The Morgan fingerprint density at radius 3 is 2.73 bits per heavy atom. The molecule has 0 radical (unpaired) electrons. The Morgan fingerprint density at radius 2 is 1.98 bits per heavy atom. The second-order valence-corrected chi connectivity index (χ2v) is 12.0. The highest BCUT2D eigenvalue weighted by Crippen LogP contribution is 2.64. The van der Waals surface area contributed by atoms with Crippen LogP contribution in [0.3, 0.4) is 0 Å². The molecule has 1 aliphatic carbocycles. The lowest BCUT2D eigenvalue weighted by atomic mass is 9.74. The van der Waals surface area contributed by atoms with Gasteiger partial charge in [0.1, 0.15) is 22.3 Å².